The second kappa shape index (κ2) is 4.72. The number of halogens is 1. The van der Waals surface area contributed by atoms with E-state index in [4.69, 9.17) is 16.9 Å². The van der Waals surface area contributed by atoms with Crippen LogP contribution in [-0.4, -0.2) is 40.6 Å². The molecule has 0 unspecified atom stereocenters. The Kier molecular flexibility index (Phi) is 3.12. The summed E-state index contributed by atoms with van der Waals surface area (Å²) in [6.45, 7) is 2.01. The molecule has 0 bridgehead atoms. The number of amides is 3. The highest BCUT2D eigenvalue weighted by molar-refractivity contribution is 6.33. The van der Waals surface area contributed by atoms with Gasteiger partial charge in [0.2, 0.25) is 0 Å². The number of nitriles is 1. The van der Waals surface area contributed by atoms with Gasteiger partial charge in [-0.05, 0) is 31.0 Å². The fraction of sp³-hybridized carbons (Fsp3) is 0.357. The Bertz CT molecular complexity index is 697. The van der Waals surface area contributed by atoms with Gasteiger partial charge in [0.15, 0.2) is 0 Å². The maximum atomic E-state index is 12.4. The van der Waals surface area contributed by atoms with E-state index in [1.165, 1.54) is 17.0 Å². The molecule has 2 atom stereocenters. The summed E-state index contributed by atoms with van der Waals surface area (Å²) >= 11 is 6.09. The van der Waals surface area contributed by atoms with Gasteiger partial charge in [-0.3, -0.25) is 4.79 Å². The minimum Gasteiger partial charge on any atom is -0.390 e. The topological polar surface area (TPSA) is 84.6 Å². The summed E-state index contributed by atoms with van der Waals surface area (Å²) < 4.78 is 0. The Hall–Kier alpha value is -2.10. The SMILES string of the molecule is Cc1c(N2C(=O)[C@@H]3[C@@H](O)CCN3C2=O)ccc(C#N)c1Cl. The number of imide groups is 1. The molecule has 3 rings (SSSR count). The summed E-state index contributed by atoms with van der Waals surface area (Å²) in [7, 11) is 0. The summed E-state index contributed by atoms with van der Waals surface area (Å²) in [5.41, 5.74) is 1.14. The minimum absolute atomic E-state index is 0.225. The molecule has 21 heavy (non-hydrogen) atoms. The average molecular weight is 306 g/mol. The van der Waals surface area contributed by atoms with Crippen LogP contribution >= 0.6 is 11.6 Å². The van der Waals surface area contributed by atoms with Crippen LogP contribution in [0.1, 0.15) is 17.5 Å². The molecule has 0 aliphatic carbocycles. The first-order valence-corrected chi connectivity index (χ1v) is 6.87. The van der Waals surface area contributed by atoms with Crippen molar-refractivity contribution in [1.29, 1.82) is 5.26 Å². The molecular weight excluding hydrogens is 294 g/mol. The maximum absolute atomic E-state index is 12.4. The number of aliphatic hydroxyl groups excluding tert-OH is 1. The Balaban J connectivity index is 2.07. The van der Waals surface area contributed by atoms with Crippen molar-refractivity contribution in [2.45, 2.75) is 25.5 Å². The van der Waals surface area contributed by atoms with Crippen LogP contribution in [0.2, 0.25) is 5.02 Å². The third-order valence-corrected chi connectivity index (χ3v) is 4.48. The standard InChI is InChI=1S/C14H12ClN3O3/c1-7-9(3-2-8(6-16)11(7)15)18-13(20)12-10(19)4-5-17(12)14(18)21/h2-3,10,12,19H,4-5H2,1H3/t10-,12-/m0/s1. The second-order valence-electron chi connectivity index (χ2n) is 5.13. The summed E-state index contributed by atoms with van der Waals surface area (Å²) in [5, 5.41) is 19.0. The zero-order valence-corrected chi connectivity index (χ0v) is 12.0. The molecule has 2 fully saturated rings. The van der Waals surface area contributed by atoms with Crippen LogP contribution in [0.15, 0.2) is 12.1 Å². The van der Waals surface area contributed by atoms with Crippen LogP contribution in [0.25, 0.3) is 0 Å². The molecule has 6 nitrogen and oxygen atoms in total. The number of fused-ring (bicyclic) bond motifs is 1. The quantitative estimate of drug-likeness (QED) is 0.795. The van der Waals surface area contributed by atoms with E-state index in [-0.39, 0.29) is 10.6 Å². The molecule has 7 heteroatoms. The van der Waals surface area contributed by atoms with Crippen molar-refractivity contribution in [3.8, 4) is 6.07 Å². The van der Waals surface area contributed by atoms with Crippen molar-refractivity contribution >= 4 is 29.2 Å². The normalized spacial score (nSPS) is 24.5. The van der Waals surface area contributed by atoms with Crippen LogP contribution in [0.4, 0.5) is 10.5 Å². The number of anilines is 1. The lowest BCUT2D eigenvalue weighted by Gasteiger charge is -2.18. The number of benzene rings is 1. The fourth-order valence-corrected chi connectivity index (χ4v) is 3.07. The number of rotatable bonds is 1. The first-order valence-electron chi connectivity index (χ1n) is 6.49. The van der Waals surface area contributed by atoms with Gasteiger partial charge in [-0.15, -0.1) is 0 Å². The second-order valence-corrected chi connectivity index (χ2v) is 5.51. The smallest absolute Gasteiger partial charge is 0.332 e. The van der Waals surface area contributed by atoms with E-state index in [9.17, 15) is 14.7 Å². The summed E-state index contributed by atoms with van der Waals surface area (Å²) in [6.07, 6.45) is -0.427. The minimum atomic E-state index is -0.833. The lowest BCUT2D eigenvalue weighted by molar-refractivity contribution is -0.121. The van der Waals surface area contributed by atoms with Crippen LogP contribution in [0.3, 0.4) is 0 Å². The molecule has 2 heterocycles. The van der Waals surface area contributed by atoms with Crippen LogP contribution in [0, 0.1) is 18.3 Å². The Labute approximate surface area is 126 Å². The van der Waals surface area contributed by atoms with E-state index >= 15 is 0 Å². The molecule has 2 saturated heterocycles. The molecule has 0 spiro atoms. The van der Waals surface area contributed by atoms with E-state index in [0.29, 0.717) is 24.2 Å². The zero-order valence-electron chi connectivity index (χ0n) is 11.2. The highest BCUT2D eigenvalue weighted by atomic mass is 35.5. The number of hydrogen-bond donors (Lipinski definition) is 1. The van der Waals surface area contributed by atoms with Crippen LogP contribution in [-0.2, 0) is 4.79 Å². The van der Waals surface area contributed by atoms with Crippen LogP contribution in [0.5, 0.6) is 0 Å². The molecule has 0 saturated carbocycles. The molecule has 0 aromatic heterocycles. The van der Waals surface area contributed by atoms with E-state index in [1.807, 2.05) is 6.07 Å². The molecule has 1 aromatic rings. The van der Waals surface area contributed by atoms with Crippen molar-refractivity contribution in [2.24, 2.45) is 0 Å². The van der Waals surface area contributed by atoms with Crippen LogP contribution < -0.4 is 4.90 Å². The summed E-state index contributed by atoms with van der Waals surface area (Å²) in [6, 6.07) is 3.69. The molecule has 1 aromatic carbocycles. The fourth-order valence-electron chi connectivity index (χ4n) is 2.87. The maximum Gasteiger partial charge on any atom is 0.332 e. The van der Waals surface area contributed by atoms with Crippen molar-refractivity contribution < 1.29 is 14.7 Å². The number of hydrogen-bond acceptors (Lipinski definition) is 4. The Morgan fingerprint density at radius 2 is 2.14 bits per heavy atom. The highest BCUT2D eigenvalue weighted by Gasteiger charge is 2.52. The van der Waals surface area contributed by atoms with Gasteiger partial charge in [-0.1, -0.05) is 11.6 Å². The number of urea groups is 1. The molecular formula is C14H12ClN3O3. The molecule has 1 N–H and O–H groups in total. The monoisotopic (exact) mass is 305 g/mol. The van der Waals surface area contributed by atoms with Gasteiger partial charge >= 0.3 is 6.03 Å². The van der Waals surface area contributed by atoms with Gasteiger partial charge in [-0.25, -0.2) is 9.69 Å². The van der Waals surface area contributed by atoms with E-state index in [0.717, 1.165) is 4.90 Å². The van der Waals surface area contributed by atoms with E-state index in [2.05, 4.69) is 0 Å². The molecule has 108 valence electrons. The van der Waals surface area contributed by atoms with Gasteiger partial charge < -0.3 is 10.0 Å². The molecule has 3 amide bonds. The number of nitrogens with zero attached hydrogens (tertiary/aromatic N) is 3. The van der Waals surface area contributed by atoms with Crippen molar-refractivity contribution in [1.82, 2.24) is 4.90 Å². The lowest BCUT2D eigenvalue weighted by atomic mass is 10.1. The van der Waals surface area contributed by atoms with Crippen molar-refractivity contribution in [3.05, 3.63) is 28.3 Å². The number of aliphatic hydroxyl groups is 1. The predicted octanol–water partition coefficient (Wildman–Crippen LogP) is 1.42. The summed E-state index contributed by atoms with van der Waals surface area (Å²) in [5.74, 6) is -0.450. The lowest BCUT2D eigenvalue weighted by Crippen LogP contribution is -2.36. The molecule has 2 aliphatic rings. The third-order valence-electron chi connectivity index (χ3n) is 4.00. The Morgan fingerprint density at radius 1 is 1.43 bits per heavy atom. The molecule has 0 radical (unpaired) electrons. The summed E-state index contributed by atoms with van der Waals surface area (Å²) in [4.78, 5) is 27.2. The largest absolute Gasteiger partial charge is 0.390 e. The van der Waals surface area contributed by atoms with Gasteiger partial charge in [0.05, 0.1) is 22.4 Å². The first-order chi connectivity index (χ1) is 9.97. The van der Waals surface area contributed by atoms with Gasteiger partial charge in [0.25, 0.3) is 5.91 Å². The highest BCUT2D eigenvalue weighted by Crippen LogP contribution is 2.36. The van der Waals surface area contributed by atoms with E-state index in [1.54, 1.807) is 6.92 Å². The van der Waals surface area contributed by atoms with Crippen molar-refractivity contribution in [2.75, 3.05) is 11.4 Å². The van der Waals surface area contributed by atoms with Gasteiger partial charge in [0, 0.05) is 6.54 Å². The predicted molar refractivity (Wildman–Crippen MR) is 74.9 cm³/mol. The number of carbonyl (C=O) groups excluding carboxylic acids is 2. The number of carbonyl (C=O) groups is 2. The van der Waals surface area contributed by atoms with Gasteiger partial charge in [0.1, 0.15) is 12.1 Å². The van der Waals surface area contributed by atoms with Gasteiger partial charge in [-0.2, -0.15) is 5.26 Å². The first kappa shape index (κ1) is 13.9. The van der Waals surface area contributed by atoms with E-state index < -0.39 is 24.1 Å². The zero-order chi connectivity index (χ0) is 15.3. The molecule has 2 aliphatic heterocycles. The Morgan fingerprint density at radius 3 is 2.76 bits per heavy atom. The third kappa shape index (κ3) is 1.82. The van der Waals surface area contributed by atoms with Crippen molar-refractivity contribution in [3.63, 3.8) is 0 Å². The average Bonchev–Trinajstić information content (AvgIpc) is 2.95.